The van der Waals surface area contributed by atoms with Crippen molar-refractivity contribution in [1.29, 1.82) is 0 Å². The molecule has 8 nitrogen and oxygen atoms in total. The fourth-order valence-electron chi connectivity index (χ4n) is 4.13. The first-order valence-corrected chi connectivity index (χ1v) is 11.0. The third-order valence-corrected chi connectivity index (χ3v) is 6.02. The van der Waals surface area contributed by atoms with Crippen molar-refractivity contribution in [2.24, 2.45) is 0 Å². The smallest absolute Gasteiger partial charge is 0.417 e. The summed E-state index contributed by atoms with van der Waals surface area (Å²) in [5.74, 6) is 0.550. The van der Waals surface area contributed by atoms with Crippen LogP contribution in [0.5, 0.6) is 5.88 Å². The van der Waals surface area contributed by atoms with Crippen molar-refractivity contribution in [1.82, 2.24) is 9.97 Å². The first-order valence-electron chi connectivity index (χ1n) is 11.0. The highest BCUT2D eigenvalue weighted by Crippen LogP contribution is 2.37. The Balaban J connectivity index is 1.46. The van der Waals surface area contributed by atoms with Crippen LogP contribution in [0.15, 0.2) is 30.6 Å². The second kappa shape index (κ2) is 8.82. The molecule has 1 unspecified atom stereocenters. The van der Waals surface area contributed by atoms with Crippen LogP contribution >= 0.6 is 0 Å². The summed E-state index contributed by atoms with van der Waals surface area (Å²) in [7, 11) is 1.59. The number of carbonyl (C=O) groups is 1. The summed E-state index contributed by atoms with van der Waals surface area (Å²) in [5, 5.41) is 4.65. The van der Waals surface area contributed by atoms with E-state index in [9.17, 15) is 4.79 Å². The molecule has 2 aliphatic heterocycles. The predicted molar refractivity (Wildman–Crippen MR) is 122 cm³/mol. The fraction of sp³-hybridized carbons (Fsp3) is 0.375. The van der Waals surface area contributed by atoms with Crippen LogP contribution in [0.25, 0.3) is 21.9 Å². The van der Waals surface area contributed by atoms with Gasteiger partial charge in [-0.05, 0) is 48.9 Å². The van der Waals surface area contributed by atoms with Gasteiger partial charge in [-0.3, -0.25) is 4.90 Å². The largest absolute Gasteiger partial charge is 0.474 e. The molecule has 0 spiro atoms. The average Bonchev–Trinajstić information content (AvgIpc) is 2.84. The summed E-state index contributed by atoms with van der Waals surface area (Å²) < 4.78 is 31.6. The molecule has 1 aromatic carbocycles. The standard InChI is InChI=1S/C24H25FN4O4/c1-14-18(13-28-23-22(14)26-6-8-32-23)17-9-15-11-20(27-12-16(15)10-19(17)25)29(2)24(30)33-21-5-3-4-7-31-21/h9-13,21,26H,3-8H2,1-2H3. The monoisotopic (exact) mass is 452 g/mol. The van der Waals surface area contributed by atoms with Crippen LogP contribution in [0.3, 0.4) is 0 Å². The number of hydrogen-bond acceptors (Lipinski definition) is 7. The molecular formula is C24H25FN4O4. The summed E-state index contributed by atoms with van der Waals surface area (Å²) >= 11 is 0. The van der Waals surface area contributed by atoms with Gasteiger partial charge in [0.1, 0.15) is 23.9 Å². The molecule has 1 atom stereocenters. The van der Waals surface area contributed by atoms with E-state index >= 15 is 4.39 Å². The molecule has 2 aromatic heterocycles. The SMILES string of the molecule is Cc1c(-c2cc3cc(N(C)C(=O)OC4CCCCO4)ncc3cc2F)cnc2c1NCCO2. The van der Waals surface area contributed by atoms with Gasteiger partial charge in [0.25, 0.3) is 0 Å². The van der Waals surface area contributed by atoms with E-state index in [1.165, 1.54) is 11.0 Å². The molecule has 1 amide bonds. The van der Waals surface area contributed by atoms with Gasteiger partial charge in [-0.15, -0.1) is 0 Å². The summed E-state index contributed by atoms with van der Waals surface area (Å²) in [6.45, 7) is 3.71. The number of aromatic nitrogens is 2. The highest BCUT2D eigenvalue weighted by atomic mass is 19.1. The first-order chi connectivity index (χ1) is 16.0. The van der Waals surface area contributed by atoms with Crippen molar-refractivity contribution in [3.63, 3.8) is 0 Å². The van der Waals surface area contributed by atoms with Gasteiger partial charge in [-0.1, -0.05) is 0 Å². The summed E-state index contributed by atoms with van der Waals surface area (Å²) in [6.07, 6.45) is 4.71. The molecule has 3 aromatic rings. The van der Waals surface area contributed by atoms with Crippen molar-refractivity contribution in [2.45, 2.75) is 32.5 Å². The number of anilines is 2. The molecule has 2 aliphatic rings. The number of nitrogens with one attached hydrogen (secondary N) is 1. The van der Waals surface area contributed by atoms with Gasteiger partial charge in [0.15, 0.2) is 0 Å². The molecule has 33 heavy (non-hydrogen) atoms. The Morgan fingerprint density at radius 3 is 2.85 bits per heavy atom. The van der Waals surface area contributed by atoms with E-state index < -0.39 is 12.4 Å². The van der Waals surface area contributed by atoms with Gasteiger partial charge in [0, 0.05) is 48.9 Å². The van der Waals surface area contributed by atoms with Crippen LogP contribution in [0.1, 0.15) is 24.8 Å². The number of pyridine rings is 2. The third-order valence-electron chi connectivity index (χ3n) is 6.02. The Hall–Kier alpha value is -3.46. The molecule has 4 heterocycles. The molecule has 5 rings (SSSR count). The minimum absolute atomic E-state index is 0.374. The van der Waals surface area contributed by atoms with Crippen molar-refractivity contribution in [3.8, 4) is 17.0 Å². The summed E-state index contributed by atoms with van der Waals surface area (Å²) in [6, 6.07) is 4.93. The van der Waals surface area contributed by atoms with E-state index in [4.69, 9.17) is 14.2 Å². The number of ether oxygens (including phenoxy) is 3. The normalized spacial score (nSPS) is 17.6. The van der Waals surface area contributed by atoms with Gasteiger partial charge in [-0.25, -0.2) is 19.2 Å². The lowest BCUT2D eigenvalue weighted by atomic mass is 9.98. The highest BCUT2D eigenvalue weighted by molar-refractivity contribution is 5.93. The molecule has 1 fully saturated rings. The first kappa shape index (κ1) is 21.4. The quantitative estimate of drug-likeness (QED) is 0.619. The van der Waals surface area contributed by atoms with Crippen molar-refractivity contribution in [2.75, 3.05) is 37.0 Å². The summed E-state index contributed by atoms with van der Waals surface area (Å²) in [4.78, 5) is 22.6. The predicted octanol–water partition coefficient (Wildman–Crippen LogP) is 4.65. The number of amides is 1. The Kier molecular flexibility index (Phi) is 5.72. The van der Waals surface area contributed by atoms with Gasteiger partial charge in [-0.2, -0.15) is 0 Å². The fourth-order valence-corrected chi connectivity index (χ4v) is 4.13. The second-order valence-corrected chi connectivity index (χ2v) is 8.21. The second-order valence-electron chi connectivity index (χ2n) is 8.21. The molecule has 0 aliphatic carbocycles. The number of halogens is 1. The van der Waals surface area contributed by atoms with E-state index in [0.717, 1.165) is 29.5 Å². The van der Waals surface area contributed by atoms with Crippen molar-refractivity contribution < 1.29 is 23.4 Å². The van der Waals surface area contributed by atoms with E-state index in [0.29, 0.717) is 54.4 Å². The number of benzene rings is 1. The number of hydrogen-bond donors (Lipinski definition) is 1. The Labute approximate surface area is 190 Å². The molecule has 0 radical (unpaired) electrons. The van der Waals surface area contributed by atoms with Crippen LogP contribution in [0.4, 0.5) is 20.7 Å². The van der Waals surface area contributed by atoms with Crippen LogP contribution in [-0.4, -0.2) is 49.2 Å². The lowest BCUT2D eigenvalue weighted by Crippen LogP contribution is -2.34. The average molecular weight is 452 g/mol. The van der Waals surface area contributed by atoms with Gasteiger partial charge in [0.05, 0.1) is 6.61 Å². The van der Waals surface area contributed by atoms with E-state index in [1.807, 2.05) is 6.92 Å². The molecule has 0 saturated carbocycles. The van der Waals surface area contributed by atoms with Crippen LogP contribution in [0, 0.1) is 12.7 Å². The number of fused-ring (bicyclic) bond motifs is 2. The van der Waals surface area contributed by atoms with Gasteiger partial charge >= 0.3 is 6.09 Å². The van der Waals surface area contributed by atoms with Crippen LogP contribution in [0.2, 0.25) is 0 Å². The van der Waals surface area contributed by atoms with Crippen LogP contribution in [-0.2, 0) is 9.47 Å². The Morgan fingerprint density at radius 2 is 2.03 bits per heavy atom. The molecule has 1 saturated heterocycles. The van der Waals surface area contributed by atoms with E-state index in [1.54, 1.807) is 31.6 Å². The number of nitrogens with zero attached hydrogens (tertiary/aromatic N) is 3. The van der Waals surface area contributed by atoms with Crippen LogP contribution < -0.4 is 15.0 Å². The zero-order chi connectivity index (χ0) is 22.9. The molecule has 9 heteroatoms. The maximum absolute atomic E-state index is 15.1. The van der Waals surface area contributed by atoms with E-state index in [-0.39, 0.29) is 5.82 Å². The lowest BCUT2D eigenvalue weighted by molar-refractivity contribution is -0.124. The molecular weight excluding hydrogens is 427 g/mol. The minimum atomic E-state index is -0.545. The molecule has 172 valence electrons. The Bertz CT molecular complexity index is 1210. The van der Waals surface area contributed by atoms with Crippen molar-refractivity contribution >= 4 is 28.4 Å². The molecule has 0 bridgehead atoms. The minimum Gasteiger partial charge on any atom is -0.474 e. The number of rotatable bonds is 3. The zero-order valence-electron chi connectivity index (χ0n) is 18.6. The molecule has 1 N–H and O–H groups in total. The topological polar surface area (TPSA) is 85.8 Å². The Morgan fingerprint density at radius 1 is 1.15 bits per heavy atom. The number of carbonyl (C=O) groups excluding carboxylic acids is 1. The lowest BCUT2D eigenvalue weighted by Gasteiger charge is -2.25. The van der Waals surface area contributed by atoms with E-state index in [2.05, 4.69) is 15.3 Å². The summed E-state index contributed by atoms with van der Waals surface area (Å²) in [5.41, 5.74) is 2.73. The van der Waals surface area contributed by atoms with Gasteiger partial charge in [0.2, 0.25) is 12.2 Å². The van der Waals surface area contributed by atoms with Gasteiger partial charge < -0.3 is 19.5 Å². The third kappa shape index (κ3) is 4.16. The highest BCUT2D eigenvalue weighted by Gasteiger charge is 2.23. The van der Waals surface area contributed by atoms with Crippen molar-refractivity contribution in [3.05, 3.63) is 42.0 Å². The zero-order valence-corrected chi connectivity index (χ0v) is 18.6. The maximum Gasteiger partial charge on any atom is 0.417 e. The maximum atomic E-state index is 15.1.